The topological polar surface area (TPSA) is 36.9 Å². The summed E-state index contributed by atoms with van der Waals surface area (Å²) in [6.45, 7) is 25.6. The Kier molecular flexibility index (Phi) is 19.1. The SMILES string of the molecule is CC(C)(C)OC1(OC2=[C-]CC=C2)CC=CC=C1C(C)(C)C.CC(C)(C)OC1(OC2=[C-]CC=C2)CC=CC=C1C(C)(C)C.[Cl-].[Cl-].[Ti+2].[Ti+2]. The minimum Gasteiger partial charge on any atom is -1.00 e. The molecule has 0 saturated heterocycles. The van der Waals surface area contributed by atoms with Crippen LogP contribution in [0.15, 0.2) is 83.4 Å². The van der Waals surface area contributed by atoms with Crippen molar-refractivity contribution in [3.63, 3.8) is 0 Å². The van der Waals surface area contributed by atoms with Crippen LogP contribution in [-0.2, 0) is 62.4 Å². The van der Waals surface area contributed by atoms with E-state index < -0.39 is 11.6 Å². The normalized spacial score (nSPS) is 23.6. The van der Waals surface area contributed by atoms with E-state index in [1.165, 1.54) is 11.1 Å². The van der Waals surface area contributed by atoms with Gasteiger partial charge in [0.25, 0.3) is 0 Å². The van der Waals surface area contributed by atoms with Crippen LogP contribution in [0.2, 0.25) is 0 Å². The van der Waals surface area contributed by atoms with Crippen LogP contribution in [0.5, 0.6) is 0 Å². The van der Waals surface area contributed by atoms with Gasteiger partial charge >= 0.3 is 43.4 Å². The zero-order valence-electron chi connectivity index (χ0n) is 30.0. The zero-order valence-corrected chi connectivity index (χ0v) is 34.6. The standard InChI is InChI=1S/2C19H27O2.2ClH.2Ti/c2*1-17(2,3)16-13-9-10-14-19(16,21-18(4,5)6)20-15-11-7-8-12-15;;;;/h2*7,9-11,13H,8,14H2,1-6H3;2*1H;;/q2*-1;;;2*+2/p-2. The molecule has 0 heterocycles. The third-order valence-electron chi connectivity index (χ3n) is 6.83. The third-order valence-corrected chi connectivity index (χ3v) is 6.83. The van der Waals surface area contributed by atoms with Crippen molar-refractivity contribution in [2.24, 2.45) is 10.8 Å². The van der Waals surface area contributed by atoms with Gasteiger partial charge in [-0.1, -0.05) is 78.0 Å². The monoisotopic (exact) mass is 740 g/mol. The van der Waals surface area contributed by atoms with Crippen molar-refractivity contribution < 1.29 is 87.2 Å². The Morgan fingerprint density at radius 2 is 0.870 bits per heavy atom. The first-order chi connectivity index (χ1) is 19.2. The Morgan fingerprint density at radius 1 is 0.543 bits per heavy atom. The molecule has 0 fully saturated rings. The number of halogens is 2. The minimum absolute atomic E-state index is 0. The summed E-state index contributed by atoms with van der Waals surface area (Å²) in [5.41, 5.74) is 1.69. The fourth-order valence-corrected chi connectivity index (χ4v) is 5.57. The average molecular weight is 741 g/mol. The average Bonchev–Trinajstić information content (AvgIpc) is 3.50. The quantitative estimate of drug-likeness (QED) is 0.233. The van der Waals surface area contributed by atoms with Crippen LogP contribution in [0, 0.1) is 23.0 Å². The molecule has 0 aromatic rings. The molecule has 4 nitrogen and oxygen atoms in total. The summed E-state index contributed by atoms with van der Waals surface area (Å²) in [7, 11) is 0. The van der Waals surface area contributed by atoms with Gasteiger partial charge in [-0.25, -0.2) is 12.2 Å². The molecule has 0 radical (unpaired) electrons. The van der Waals surface area contributed by atoms with Gasteiger partial charge in [-0.15, -0.1) is 12.8 Å². The van der Waals surface area contributed by atoms with Gasteiger partial charge in [-0.3, -0.25) is 0 Å². The van der Waals surface area contributed by atoms with E-state index >= 15 is 0 Å². The smallest absolute Gasteiger partial charge is 1.00 e. The molecule has 4 rings (SSSR count). The molecule has 0 N–H and O–H groups in total. The number of hydrogen-bond acceptors (Lipinski definition) is 4. The molecule has 46 heavy (non-hydrogen) atoms. The maximum absolute atomic E-state index is 6.43. The van der Waals surface area contributed by atoms with E-state index in [0.29, 0.717) is 12.8 Å². The van der Waals surface area contributed by atoms with Crippen molar-refractivity contribution in [3.05, 3.63) is 95.6 Å². The first-order valence-corrected chi connectivity index (χ1v) is 15.3. The van der Waals surface area contributed by atoms with Crippen LogP contribution in [0.4, 0.5) is 0 Å². The van der Waals surface area contributed by atoms with Crippen LogP contribution in [0.1, 0.15) is 109 Å². The molecule has 2 unspecified atom stereocenters. The van der Waals surface area contributed by atoms with Gasteiger partial charge in [0.05, 0.1) is 11.2 Å². The maximum atomic E-state index is 6.43. The Balaban J connectivity index is 0. The molecule has 0 bridgehead atoms. The molecule has 0 spiro atoms. The molecular weight excluding hydrogens is 687 g/mol. The van der Waals surface area contributed by atoms with Gasteiger partial charge in [0.2, 0.25) is 11.6 Å². The Hall–Kier alpha value is -0.551. The molecule has 0 aromatic carbocycles. The predicted octanol–water partition coefficient (Wildman–Crippen LogP) is 4.19. The largest absolute Gasteiger partial charge is 2.00 e. The van der Waals surface area contributed by atoms with Crippen LogP contribution in [0.25, 0.3) is 0 Å². The predicted molar refractivity (Wildman–Crippen MR) is 173 cm³/mol. The molecule has 0 aliphatic heterocycles. The van der Waals surface area contributed by atoms with Crippen molar-refractivity contribution in [1.29, 1.82) is 0 Å². The van der Waals surface area contributed by atoms with E-state index in [1.807, 2.05) is 12.2 Å². The summed E-state index contributed by atoms with van der Waals surface area (Å²) >= 11 is 0. The molecule has 0 aromatic heterocycles. The fourth-order valence-electron chi connectivity index (χ4n) is 5.57. The number of rotatable bonds is 6. The van der Waals surface area contributed by atoms with Gasteiger partial charge in [-0.2, -0.15) is 24.3 Å². The van der Waals surface area contributed by atoms with Crippen molar-refractivity contribution in [2.75, 3.05) is 0 Å². The van der Waals surface area contributed by atoms with E-state index in [0.717, 1.165) is 24.4 Å². The number of allylic oxidation sites excluding steroid dienone is 10. The Bertz CT molecular complexity index is 1130. The summed E-state index contributed by atoms with van der Waals surface area (Å²) in [5.74, 6) is 0.0688. The first kappa shape index (κ1) is 47.6. The van der Waals surface area contributed by atoms with E-state index in [4.69, 9.17) is 18.9 Å². The minimum atomic E-state index is -0.748. The summed E-state index contributed by atoms with van der Waals surface area (Å²) in [6.07, 6.45) is 30.3. The summed E-state index contributed by atoms with van der Waals surface area (Å²) in [6, 6.07) is 0. The molecule has 0 amide bonds. The van der Waals surface area contributed by atoms with Crippen molar-refractivity contribution in [3.8, 4) is 0 Å². The zero-order chi connectivity index (χ0) is 31.5. The van der Waals surface area contributed by atoms with E-state index in [2.05, 4.69) is 144 Å². The maximum Gasteiger partial charge on any atom is 2.00 e. The van der Waals surface area contributed by atoms with Crippen LogP contribution in [0.3, 0.4) is 0 Å². The van der Waals surface area contributed by atoms with E-state index in [9.17, 15) is 0 Å². The second-order valence-corrected chi connectivity index (χ2v) is 15.4. The van der Waals surface area contributed by atoms with E-state index in [-0.39, 0.29) is 90.3 Å². The molecular formula is C38H54Cl2O4Ti2. The second kappa shape index (κ2) is 18.4. The summed E-state index contributed by atoms with van der Waals surface area (Å²) in [4.78, 5) is 0. The molecule has 0 saturated carbocycles. The second-order valence-electron chi connectivity index (χ2n) is 15.4. The third kappa shape index (κ3) is 13.8. The van der Waals surface area contributed by atoms with Crippen LogP contribution in [-0.4, -0.2) is 22.8 Å². The summed E-state index contributed by atoms with van der Waals surface area (Å²) in [5, 5.41) is 0. The number of hydrogen-bond donors (Lipinski definition) is 0. The molecule has 252 valence electrons. The molecule has 2 atom stereocenters. The van der Waals surface area contributed by atoms with Crippen molar-refractivity contribution in [1.82, 2.24) is 0 Å². The fraction of sp³-hybridized carbons (Fsp3) is 0.579. The van der Waals surface area contributed by atoms with Crippen LogP contribution >= 0.6 is 0 Å². The van der Waals surface area contributed by atoms with Crippen molar-refractivity contribution >= 4 is 0 Å². The number of ether oxygens (including phenoxy) is 4. The van der Waals surface area contributed by atoms with Crippen LogP contribution < -0.4 is 24.8 Å². The van der Waals surface area contributed by atoms with Gasteiger partial charge in [-0.05, 0) is 63.9 Å². The van der Waals surface area contributed by atoms with Gasteiger partial charge < -0.3 is 43.8 Å². The first-order valence-electron chi connectivity index (χ1n) is 15.3. The Labute approximate surface area is 322 Å². The van der Waals surface area contributed by atoms with Crippen molar-refractivity contribution in [2.45, 2.75) is 132 Å². The molecule has 4 aliphatic rings. The van der Waals surface area contributed by atoms with Gasteiger partial charge in [0.1, 0.15) is 0 Å². The molecule has 4 aliphatic carbocycles. The van der Waals surface area contributed by atoms with Gasteiger partial charge in [0.15, 0.2) is 0 Å². The molecule has 8 heteroatoms. The van der Waals surface area contributed by atoms with Gasteiger partial charge in [0, 0.05) is 24.0 Å². The van der Waals surface area contributed by atoms with E-state index in [1.54, 1.807) is 0 Å². The Morgan fingerprint density at radius 3 is 1.11 bits per heavy atom. The summed E-state index contributed by atoms with van der Waals surface area (Å²) < 4.78 is 25.5.